The first-order valence-electron chi connectivity index (χ1n) is 10.7. The first-order valence-corrected chi connectivity index (χ1v) is 12.6. The predicted molar refractivity (Wildman–Crippen MR) is 122 cm³/mol. The molecule has 1 unspecified atom stereocenters. The highest BCUT2D eigenvalue weighted by atomic mass is 35.5. The summed E-state index contributed by atoms with van der Waals surface area (Å²) in [5.41, 5.74) is -1.21. The second kappa shape index (κ2) is 8.73. The Morgan fingerprint density at radius 1 is 1.24 bits per heavy atom. The van der Waals surface area contributed by atoms with E-state index in [1.807, 2.05) is 0 Å². The number of sulfonamides is 1. The predicted octanol–water partition coefficient (Wildman–Crippen LogP) is 3.00. The number of pyridine rings is 1. The maximum Gasteiger partial charge on any atom is 0.263 e. The number of carbonyl (C=O) groups is 1. The molecule has 0 aliphatic carbocycles. The molecule has 0 radical (unpaired) electrons. The third kappa shape index (κ3) is 5.07. The van der Waals surface area contributed by atoms with Crippen molar-refractivity contribution in [2.45, 2.75) is 68.2 Å². The van der Waals surface area contributed by atoms with Gasteiger partial charge < -0.3 is 15.0 Å². The van der Waals surface area contributed by atoms with E-state index in [-0.39, 0.29) is 39.7 Å². The standard InChI is InChI=1S/C22H26ClFN4O4S/c1-22(2,32-16-5-7-18(23)19(24)11-16)21(29)27-13-9-14-3-4-15(10-13)28(14)20-8-6-17(12-26-20)33(25,30)31/h5-8,11-15H,3-4,9-10H2,1-2H3,(H,27,29)(H2,25,30,31)/t13?,14-,15+. The maximum atomic E-state index is 13.7. The van der Waals surface area contributed by atoms with Crippen molar-refractivity contribution in [1.82, 2.24) is 10.3 Å². The number of carbonyl (C=O) groups excluding carboxylic acids is 1. The Bertz CT molecular complexity index is 1150. The molecule has 2 aromatic rings. The first kappa shape index (κ1) is 23.7. The first-order chi connectivity index (χ1) is 15.4. The van der Waals surface area contributed by atoms with Crippen LogP contribution in [0.1, 0.15) is 39.5 Å². The number of nitrogens with two attached hydrogens (primary N) is 1. The van der Waals surface area contributed by atoms with Crippen LogP contribution < -0.4 is 20.1 Å². The van der Waals surface area contributed by atoms with E-state index >= 15 is 0 Å². The summed E-state index contributed by atoms with van der Waals surface area (Å²) in [5.74, 6) is 0.0282. The molecular formula is C22H26ClFN4O4S. The van der Waals surface area contributed by atoms with Gasteiger partial charge >= 0.3 is 0 Å². The van der Waals surface area contributed by atoms with Crippen LogP contribution in [-0.4, -0.2) is 43.0 Å². The Kier molecular flexibility index (Phi) is 6.28. The normalized spacial score (nSPS) is 22.8. The van der Waals surface area contributed by atoms with Gasteiger partial charge in [-0.15, -0.1) is 0 Å². The summed E-state index contributed by atoms with van der Waals surface area (Å²) < 4.78 is 42.4. The molecule has 4 rings (SSSR count). The number of primary sulfonamides is 1. The molecule has 8 nitrogen and oxygen atoms in total. The molecule has 33 heavy (non-hydrogen) atoms. The van der Waals surface area contributed by atoms with Gasteiger partial charge in [-0.05, 0) is 63.8 Å². The molecule has 1 aromatic carbocycles. The number of aromatic nitrogens is 1. The molecule has 2 bridgehead atoms. The molecule has 1 amide bonds. The minimum absolute atomic E-state index is 0.0133. The van der Waals surface area contributed by atoms with Crippen LogP contribution in [-0.2, 0) is 14.8 Å². The summed E-state index contributed by atoms with van der Waals surface area (Å²) in [6.07, 6.45) is 4.65. The van der Waals surface area contributed by atoms with Crippen molar-refractivity contribution in [2.24, 2.45) is 5.14 Å². The Balaban J connectivity index is 1.40. The third-order valence-electron chi connectivity index (χ3n) is 6.19. The number of hydrogen-bond donors (Lipinski definition) is 2. The zero-order chi connectivity index (χ0) is 24.0. The lowest BCUT2D eigenvalue weighted by atomic mass is 9.96. The van der Waals surface area contributed by atoms with Crippen LogP contribution in [0, 0.1) is 5.82 Å². The molecule has 0 saturated carbocycles. The minimum Gasteiger partial charge on any atom is -0.478 e. The van der Waals surface area contributed by atoms with Gasteiger partial charge in [0.05, 0.1) is 5.02 Å². The number of piperidine rings is 1. The molecule has 2 fully saturated rings. The molecule has 0 spiro atoms. The number of nitrogens with one attached hydrogen (secondary N) is 1. The van der Waals surface area contributed by atoms with Crippen molar-refractivity contribution in [1.29, 1.82) is 0 Å². The van der Waals surface area contributed by atoms with E-state index in [1.165, 1.54) is 24.4 Å². The zero-order valence-electron chi connectivity index (χ0n) is 18.3. The van der Waals surface area contributed by atoms with Crippen LogP contribution in [0.5, 0.6) is 5.75 Å². The maximum absolute atomic E-state index is 13.7. The van der Waals surface area contributed by atoms with Crippen LogP contribution in [0.3, 0.4) is 0 Å². The smallest absolute Gasteiger partial charge is 0.263 e. The van der Waals surface area contributed by atoms with Gasteiger partial charge in [-0.2, -0.15) is 0 Å². The fourth-order valence-electron chi connectivity index (χ4n) is 4.60. The summed E-state index contributed by atoms with van der Waals surface area (Å²) >= 11 is 5.71. The highest BCUT2D eigenvalue weighted by Gasteiger charge is 2.43. The number of benzene rings is 1. The lowest BCUT2D eigenvalue weighted by Gasteiger charge is -2.40. The molecule has 178 valence electrons. The van der Waals surface area contributed by atoms with Gasteiger partial charge in [0, 0.05) is 30.4 Å². The number of nitrogens with zero attached hydrogens (tertiary/aromatic N) is 2. The summed E-state index contributed by atoms with van der Waals surface area (Å²) in [7, 11) is -3.79. The van der Waals surface area contributed by atoms with E-state index in [0.717, 1.165) is 31.7 Å². The number of ether oxygens (including phenoxy) is 1. The molecule has 2 aliphatic rings. The largest absolute Gasteiger partial charge is 0.478 e. The van der Waals surface area contributed by atoms with E-state index in [0.29, 0.717) is 5.82 Å². The molecule has 3 N–H and O–H groups in total. The van der Waals surface area contributed by atoms with E-state index in [9.17, 15) is 17.6 Å². The second-order valence-electron chi connectivity index (χ2n) is 9.02. The van der Waals surface area contributed by atoms with E-state index in [1.54, 1.807) is 19.9 Å². The third-order valence-corrected chi connectivity index (χ3v) is 7.40. The quantitative estimate of drug-likeness (QED) is 0.635. The van der Waals surface area contributed by atoms with Crippen LogP contribution in [0.4, 0.5) is 10.2 Å². The minimum atomic E-state index is -3.79. The number of amides is 1. The fraction of sp³-hybridized carbons (Fsp3) is 0.455. The second-order valence-corrected chi connectivity index (χ2v) is 11.0. The van der Waals surface area contributed by atoms with Gasteiger partial charge in [-0.3, -0.25) is 4.79 Å². The van der Waals surface area contributed by atoms with E-state index in [2.05, 4.69) is 15.2 Å². The van der Waals surface area contributed by atoms with Crippen LogP contribution >= 0.6 is 11.6 Å². The SMILES string of the molecule is CC(C)(Oc1ccc(Cl)c(F)c1)C(=O)NC1C[C@H]2CC[C@@H](C1)N2c1ccc(S(N)(=O)=O)cn1. The fourth-order valence-corrected chi connectivity index (χ4v) is 5.18. The highest BCUT2D eigenvalue weighted by molar-refractivity contribution is 7.89. The lowest BCUT2D eigenvalue weighted by Crippen LogP contribution is -2.55. The van der Waals surface area contributed by atoms with E-state index < -0.39 is 21.4 Å². The van der Waals surface area contributed by atoms with Gasteiger partial charge in [0.25, 0.3) is 5.91 Å². The van der Waals surface area contributed by atoms with Gasteiger partial charge in [0.15, 0.2) is 5.60 Å². The topological polar surface area (TPSA) is 115 Å². The highest BCUT2D eigenvalue weighted by Crippen LogP contribution is 2.39. The Labute approximate surface area is 197 Å². The Morgan fingerprint density at radius 2 is 1.91 bits per heavy atom. The van der Waals surface area contributed by atoms with Crippen molar-refractivity contribution in [3.05, 3.63) is 47.4 Å². The van der Waals surface area contributed by atoms with Crippen LogP contribution in [0.2, 0.25) is 5.02 Å². The van der Waals surface area contributed by atoms with Crippen LogP contribution in [0.25, 0.3) is 0 Å². The number of fused-ring (bicyclic) bond motifs is 2. The van der Waals surface area contributed by atoms with Crippen molar-refractivity contribution < 1.29 is 22.3 Å². The molecule has 1 aromatic heterocycles. The molecule has 3 atom stereocenters. The Morgan fingerprint density at radius 3 is 2.45 bits per heavy atom. The van der Waals surface area contributed by atoms with Crippen LogP contribution in [0.15, 0.2) is 41.4 Å². The van der Waals surface area contributed by atoms with Crippen molar-refractivity contribution in [3.63, 3.8) is 0 Å². The molecule has 2 aliphatic heterocycles. The van der Waals surface area contributed by atoms with Crippen molar-refractivity contribution in [2.75, 3.05) is 4.90 Å². The summed E-state index contributed by atoms with van der Waals surface area (Å²) in [6, 6.07) is 7.51. The molecule has 2 saturated heterocycles. The number of rotatable bonds is 6. The monoisotopic (exact) mass is 496 g/mol. The number of anilines is 1. The van der Waals surface area contributed by atoms with E-state index in [4.69, 9.17) is 21.5 Å². The van der Waals surface area contributed by atoms with Crippen molar-refractivity contribution in [3.8, 4) is 5.75 Å². The van der Waals surface area contributed by atoms with Crippen molar-refractivity contribution >= 4 is 33.3 Å². The van der Waals surface area contributed by atoms with Gasteiger partial charge in [-0.1, -0.05) is 11.6 Å². The van der Waals surface area contributed by atoms with Gasteiger partial charge in [0.1, 0.15) is 22.3 Å². The number of hydrogen-bond acceptors (Lipinski definition) is 6. The van der Waals surface area contributed by atoms with Gasteiger partial charge in [-0.25, -0.2) is 22.9 Å². The molecular weight excluding hydrogens is 471 g/mol. The molecule has 11 heteroatoms. The average Bonchev–Trinajstić information content (AvgIpc) is 3.00. The summed E-state index contributed by atoms with van der Waals surface area (Å²) in [6.45, 7) is 3.27. The Hall–Kier alpha value is -2.43. The zero-order valence-corrected chi connectivity index (χ0v) is 19.9. The number of halogens is 2. The summed E-state index contributed by atoms with van der Waals surface area (Å²) in [4.78, 5) is 19.4. The van der Waals surface area contributed by atoms with Gasteiger partial charge in [0.2, 0.25) is 10.0 Å². The average molecular weight is 497 g/mol. The lowest BCUT2D eigenvalue weighted by molar-refractivity contribution is -0.135. The summed E-state index contributed by atoms with van der Waals surface area (Å²) in [5, 5.41) is 8.23. The molecule has 3 heterocycles.